The Balaban J connectivity index is 1.68. The molecule has 0 radical (unpaired) electrons. The fourth-order valence-corrected chi connectivity index (χ4v) is 4.79. The Kier molecular flexibility index (Phi) is 8.75. The molecule has 37 heavy (non-hydrogen) atoms. The number of aliphatic hydroxyl groups is 5. The number of hydrogen-bond acceptors (Lipinski definition) is 11. The summed E-state index contributed by atoms with van der Waals surface area (Å²) >= 11 is 0. The molecular formula is C26H34O11. The lowest BCUT2D eigenvalue weighted by Gasteiger charge is -2.40. The van der Waals surface area contributed by atoms with Crippen LogP contribution in [0.15, 0.2) is 30.3 Å². The van der Waals surface area contributed by atoms with Crippen molar-refractivity contribution >= 4 is 0 Å². The van der Waals surface area contributed by atoms with Crippen molar-refractivity contribution in [2.24, 2.45) is 0 Å². The van der Waals surface area contributed by atoms with Crippen LogP contribution in [0.2, 0.25) is 0 Å². The first-order chi connectivity index (χ1) is 17.8. The maximum atomic E-state index is 10.4. The van der Waals surface area contributed by atoms with E-state index in [2.05, 4.69) is 0 Å². The van der Waals surface area contributed by atoms with Crippen LogP contribution in [-0.4, -0.2) is 95.4 Å². The van der Waals surface area contributed by atoms with E-state index in [0.29, 0.717) is 29.9 Å². The number of hydrogen-bond donors (Lipinski definition) is 6. The zero-order chi connectivity index (χ0) is 26.7. The summed E-state index contributed by atoms with van der Waals surface area (Å²) in [5.41, 5.74) is 2.39. The monoisotopic (exact) mass is 522 g/mol. The first-order valence-corrected chi connectivity index (χ1v) is 12.1. The average molecular weight is 523 g/mol. The Hall–Kier alpha value is -2.64. The molecule has 1 fully saturated rings. The molecule has 6 N–H and O–H groups in total. The maximum Gasteiger partial charge on any atom is 0.186 e. The van der Waals surface area contributed by atoms with Crippen LogP contribution >= 0.6 is 0 Å². The summed E-state index contributed by atoms with van der Waals surface area (Å²) in [7, 11) is 2.98. The number of phenols is 1. The van der Waals surface area contributed by atoms with Crippen LogP contribution in [0.5, 0.6) is 23.0 Å². The van der Waals surface area contributed by atoms with Gasteiger partial charge in [-0.25, -0.2) is 0 Å². The molecule has 2 aromatic carbocycles. The van der Waals surface area contributed by atoms with Crippen LogP contribution < -0.4 is 14.2 Å². The number of rotatable bonds is 10. The highest BCUT2D eigenvalue weighted by Gasteiger charge is 2.45. The average Bonchev–Trinajstić information content (AvgIpc) is 3.28. The minimum Gasteiger partial charge on any atom is -0.504 e. The van der Waals surface area contributed by atoms with Crippen molar-refractivity contribution in [1.29, 1.82) is 0 Å². The Labute approximate surface area is 214 Å². The van der Waals surface area contributed by atoms with Gasteiger partial charge in [-0.3, -0.25) is 0 Å². The van der Waals surface area contributed by atoms with Gasteiger partial charge in [-0.1, -0.05) is 12.1 Å². The van der Waals surface area contributed by atoms with Crippen LogP contribution in [0.1, 0.15) is 35.1 Å². The molecule has 0 aliphatic carbocycles. The molecule has 0 amide bonds. The molecule has 0 saturated carbocycles. The molecule has 0 unspecified atom stereocenters. The molecule has 2 aliphatic heterocycles. The van der Waals surface area contributed by atoms with Crippen LogP contribution in [0, 0.1) is 0 Å². The number of phenolic OH excluding ortho intramolecular Hbond substituents is 1. The van der Waals surface area contributed by atoms with Gasteiger partial charge < -0.3 is 54.3 Å². The van der Waals surface area contributed by atoms with E-state index in [9.17, 15) is 30.6 Å². The van der Waals surface area contributed by atoms with E-state index < -0.39 is 49.3 Å². The Morgan fingerprint density at radius 2 is 1.68 bits per heavy atom. The van der Waals surface area contributed by atoms with Crippen LogP contribution in [0.3, 0.4) is 0 Å². The quantitative estimate of drug-likeness (QED) is 0.255. The molecule has 2 heterocycles. The molecular weight excluding hydrogens is 488 g/mol. The normalized spacial score (nSPS) is 29.0. The number of benzene rings is 2. The second-order valence-corrected chi connectivity index (χ2v) is 9.15. The summed E-state index contributed by atoms with van der Waals surface area (Å²) in [6.07, 6.45) is -6.44. The summed E-state index contributed by atoms with van der Waals surface area (Å²) in [6.45, 7) is -0.562. The van der Waals surface area contributed by atoms with Gasteiger partial charge in [0.2, 0.25) is 0 Å². The number of fused-ring (bicyclic) bond motifs is 1. The van der Waals surface area contributed by atoms with E-state index in [4.69, 9.17) is 23.7 Å². The van der Waals surface area contributed by atoms with Crippen molar-refractivity contribution in [2.75, 3.05) is 34.0 Å². The summed E-state index contributed by atoms with van der Waals surface area (Å²) < 4.78 is 28.6. The van der Waals surface area contributed by atoms with E-state index in [0.717, 1.165) is 11.1 Å². The van der Waals surface area contributed by atoms with Crippen molar-refractivity contribution in [1.82, 2.24) is 0 Å². The van der Waals surface area contributed by atoms with Gasteiger partial charge >= 0.3 is 0 Å². The number of methoxy groups -OCH3 is 2. The first-order valence-electron chi connectivity index (χ1n) is 12.1. The van der Waals surface area contributed by atoms with Gasteiger partial charge in [0.25, 0.3) is 0 Å². The summed E-state index contributed by atoms with van der Waals surface area (Å²) in [5, 5.41) is 59.5. The lowest BCUT2D eigenvalue weighted by Crippen LogP contribution is -2.59. The van der Waals surface area contributed by atoms with E-state index in [1.807, 2.05) is 12.1 Å². The molecule has 204 valence electrons. The zero-order valence-electron chi connectivity index (χ0n) is 20.7. The van der Waals surface area contributed by atoms with Crippen molar-refractivity contribution in [3.05, 3.63) is 47.0 Å². The van der Waals surface area contributed by atoms with E-state index in [1.54, 1.807) is 12.1 Å². The minimum absolute atomic E-state index is 0.0280. The molecule has 7 atom stereocenters. The van der Waals surface area contributed by atoms with E-state index in [-0.39, 0.29) is 24.7 Å². The third-order valence-electron chi connectivity index (χ3n) is 6.82. The Morgan fingerprint density at radius 3 is 2.35 bits per heavy atom. The van der Waals surface area contributed by atoms with Gasteiger partial charge in [0.05, 0.1) is 33.4 Å². The Morgan fingerprint density at radius 1 is 0.919 bits per heavy atom. The highest BCUT2D eigenvalue weighted by atomic mass is 16.7. The minimum atomic E-state index is -1.56. The van der Waals surface area contributed by atoms with Gasteiger partial charge in [0, 0.05) is 12.2 Å². The largest absolute Gasteiger partial charge is 0.504 e. The van der Waals surface area contributed by atoms with Crippen molar-refractivity contribution < 1.29 is 54.3 Å². The number of aliphatic hydroxyl groups excluding tert-OH is 5. The van der Waals surface area contributed by atoms with Gasteiger partial charge in [-0.15, -0.1) is 0 Å². The number of aryl methyl sites for hydroxylation is 1. The van der Waals surface area contributed by atoms with Crippen molar-refractivity contribution in [2.45, 2.75) is 55.6 Å². The lowest BCUT2D eigenvalue weighted by atomic mass is 9.90. The SMILES string of the molecule is COc1cc([C@H]2Oc3c(OC)cc(CCCO)cc3[C@@H]2CO[C@@H]2O[C@H](CO)[C@@H](O)[C@H](O)[C@H]2O)ccc1O. The van der Waals surface area contributed by atoms with Gasteiger partial charge in [-0.2, -0.15) is 0 Å². The topological polar surface area (TPSA) is 168 Å². The molecule has 4 rings (SSSR count). The molecule has 1 saturated heterocycles. The molecule has 11 nitrogen and oxygen atoms in total. The van der Waals surface area contributed by atoms with Gasteiger partial charge in [0.15, 0.2) is 29.3 Å². The standard InChI is InChI=1S/C26H34O11/c1-33-18-10-14(5-6-17(18)29)24-16(12-35-26-23(32)22(31)21(30)20(11-28)36-26)15-8-13(4-3-7-27)9-19(34-2)25(15)37-24/h5-6,8-10,16,20-24,26-32H,3-4,7,11-12H2,1-2H3/t16-,20+,21+,22-,23+,24+,26+/m0/s1. The highest BCUT2D eigenvalue weighted by Crippen LogP contribution is 2.52. The molecule has 0 bridgehead atoms. The third-order valence-corrected chi connectivity index (χ3v) is 6.82. The molecule has 2 aromatic rings. The predicted octanol–water partition coefficient (Wildman–Crippen LogP) is 0.368. The number of ether oxygens (including phenoxy) is 5. The molecule has 0 aromatic heterocycles. The van der Waals surface area contributed by atoms with E-state index in [1.165, 1.54) is 20.3 Å². The third kappa shape index (κ3) is 5.48. The van der Waals surface area contributed by atoms with Crippen molar-refractivity contribution in [3.63, 3.8) is 0 Å². The van der Waals surface area contributed by atoms with Crippen LogP contribution in [0.25, 0.3) is 0 Å². The summed E-state index contributed by atoms with van der Waals surface area (Å²) in [5.74, 6) is 0.812. The lowest BCUT2D eigenvalue weighted by molar-refractivity contribution is -0.302. The summed E-state index contributed by atoms with van der Waals surface area (Å²) in [4.78, 5) is 0. The predicted molar refractivity (Wildman–Crippen MR) is 129 cm³/mol. The fraction of sp³-hybridized carbons (Fsp3) is 0.538. The van der Waals surface area contributed by atoms with Gasteiger partial charge in [0.1, 0.15) is 30.5 Å². The highest BCUT2D eigenvalue weighted by molar-refractivity contribution is 5.56. The fourth-order valence-electron chi connectivity index (χ4n) is 4.79. The second-order valence-electron chi connectivity index (χ2n) is 9.15. The molecule has 0 spiro atoms. The molecule has 2 aliphatic rings. The Bertz CT molecular complexity index is 1060. The maximum absolute atomic E-state index is 10.4. The number of aromatic hydroxyl groups is 1. The van der Waals surface area contributed by atoms with E-state index >= 15 is 0 Å². The second kappa shape index (κ2) is 11.8. The zero-order valence-corrected chi connectivity index (χ0v) is 20.7. The van der Waals surface area contributed by atoms with Crippen LogP contribution in [0.4, 0.5) is 0 Å². The van der Waals surface area contributed by atoms with Gasteiger partial charge in [-0.05, 0) is 42.2 Å². The molecule has 11 heteroatoms. The first kappa shape index (κ1) is 27.4. The van der Waals surface area contributed by atoms with Crippen molar-refractivity contribution in [3.8, 4) is 23.0 Å². The van der Waals surface area contributed by atoms with Crippen LogP contribution in [-0.2, 0) is 15.9 Å². The smallest absolute Gasteiger partial charge is 0.186 e. The summed E-state index contributed by atoms with van der Waals surface area (Å²) in [6, 6.07) is 8.66.